The quantitative estimate of drug-likeness (QED) is 0.423. The minimum Gasteiger partial charge on any atom is -0.121 e. The Morgan fingerprint density at radius 2 is 1.77 bits per heavy atom. The fourth-order valence-corrected chi connectivity index (χ4v) is 2.08. The fourth-order valence-electron chi connectivity index (χ4n) is 1.52. The molecule has 0 heterocycles. The molecule has 0 aliphatic carbocycles. The minimum absolute atomic E-state index is 0.126. The maximum Gasteiger partial charge on any atom is 0.0581 e. The van der Waals surface area contributed by atoms with Gasteiger partial charge >= 0.3 is 0 Å². The number of rotatable bonds is 7. The summed E-state index contributed by atoms with van der Waals surface area (Å²) in [6.45, 7) is 6.41. The van der Waals surface area contributed by atoms with E-state index in [2.05, 4.69) is 20.8 Å². The predicted octanol–water partition coefficient (Wildman–Crippen LogP) is 4.97. The van der Waals surface area contributed by atoms with E-state index in [0.717, 1.165) is 19.3 Å². The highest BCUT2D eigenvalue weighted by atomic mass is 35.5. The van der Waals surface area contributed by atoms with Gasteiger partial charge in [-0.3, -0.25) is 0 Å². The van der Waals surface area contributed by atoms with Crippen LogP contribution in [0.2, 0.25) is 0 Å². The lowest BCUT2D eigenvalue weighted by atomic mass is 9.96. The predicted molar refractivity (Wildman–Crippen MR) is 62.9 cm³/mol. The molecule has 13 heavy (non-hydrogen) atoms. The molecule has 0 spiro atoms. The Labute approximate surface area is 93.0 Å². The van der Waals surface area contributed by atoms with Crippen molar-refractivity contribution in [2.75, 3.05) is 0 Å². The molecule has 0 saturated carbocycles. The van der Waals surface area contributed by atoms with Gasteiger partial charge in [-0.25, -0.2) is 0 Å². The first-order valence-electron chi connectivity index (χ1n) is 5.37. The van der Waals surface area contributed by atoms with Crippen molar-refractivity contribution in [2.24, 2.45) is 0 Å². The van der Waals surface area contributed by atoms with Crippen molar-refractivity contribution < 1.29 is 0 Å². The van der Waals surface area contributed by atoms with Crippen LogP contribution >= 0.6 is 23.2 Å². The molecule has 0 fully saturated rings. The normalized spacial score (nSPS) is 18.2. The second-order valence-corrected chi connectivity index (χ2v) is 5.38. The van der Waals surface area contributed by atoms with Gasteiger partial charge in [-0.15, -0.1) is 23.2 Å². The molecule has 0 rings (SSSR count). The molecule has 0 aromatic carbocycles. The first kappa shape index (κ1) is 13.6. The van der Waals surface area contributed by atoms with Gasteiger partial charge in [0.1, 0.15) is 0 Å². The van der Waals surface area contributed by atoms with Gasteiger partial charge < -0.3 is 0 Å². The summed E-state index contributed by atoms with van der Waals surface area (Å²) in [7, 11) is 0. The standard InChI is InChI=1S/C11H22Cl2/c1-4-6-7-8-10(12)11(3,13)9-5-2/h10H,4-9H2,1-3H3. The Balaban J connectivity index is 3.72. The Bertz CT molecular complexity index is 121. The average Bonchev–Trinajstić information content (AvgIpc) is 2.04. The molecule has 0 saturated heterocycles. The summed E-state index contributed by atoms with van der Waals surface area (Å²) in [5, 5.41) is 0.126. The van der Waals surface area contributed by atoms with Crippen LogP contribution < -0.4 is 0 Å². The summed E-state index contributed by atoms with van der Waals surface area (Å²) < 4.78 is 0. The largest absolute Gasteiger partial charge is 0.121 e. The highest BCUT2D eigenvalue weighted by Crippen LogP contribution is 2.32. The zero-order valence-corrected chi connectivity index (χ0v) is 10.6. The number of hydrogen-bond donors (Lipinski definition) is 0. The first-order valence-corrected chi connectivity index (χ1v) is 6.19. The van der Waals surface area contributed by atoms with E-state index >= 15 is 0 Å². The maximum atomic E-state index is 6.33. The van der Waals surface area contributed by atoms with E-state index in [0.29, 0.717) is 0 Å². The summed E-state index contributed by atoms with van der Waals surface area (Å²) in [5.74, 6) is 0. The molecular formula is C11H22Cl2. The zero-order chi connectivity index (χ0) is 10.3. The van der Waals surface area contributed by atoms with Crippen molar-refractivity contribution in [3.63, 3.8) is 0 Å². The average molecular weight is 225 g/mol. The van der Waals surface area contributed by atoms with Crippen molar-refractivity contribution in [3.05, 3.63) is 0 Å². The highest BCUT2D eigenvalue weighted by molar-refractivity contribution is 6.32. The molecular weight excluding hydrogens is 203 g/mol. The second-order valence-electron chi connectivity index (χ2n) is 3.99. The third-order valence-corrected chi connectivity index (χ3v) is 3.72. The van der Waals surface area contributed by atoms with Gasteiger partial charge in [0.2, 0.25) is 0 Å². The summed E-state index contributed by atoms with van der Waals surface area (Å²) in [6, 6.07) is 0. The second kappa shape index (κ2) is 6.95. The van der Waals surface area contributed by atoms with Crippen LogP contribution in [0.4, 0.5) is 0 Å². The molecule has 2 atom stereocenters. The summed E-state index contributed by atoms with van der Waals surface area (Å²) in [6.07, 6.45) is 6.89. The third kappa shape index (κ3) is 5.80. The first-order chi connectivity index (χ1) is 6.04. The lowest BCUT2D eigenvalue weighted by Gasteiger charge is -2.27. The molecule has 0 aromatic rings. The summed E-state index contributed by atoms with van der Waals surface area (Å²) >= 11 is 12.6. The Morgan fingerprint density at radius 3 is 2.23 bits per heavy atom. The van der Waals surface area contributed by atoms with Crippen LogP contribution in [-0.2, 0) is 0 Å². The number of unbranched alkanes of at least 4 members (excludes halogenated alkanes) is 2. The highest BCUT2D eigenvalue weighted by Gasteiger charge is 2.28. The van der Waals surface area contributed by atoms with Crippen LogP contribution in [0.5, 0.6) is 0 Å². The van der Waals surface area contributed by atoms with E-state index < -0.39 is 0 Å². The maximum absolute atomic E-state index is 6.33. The zero-order valence-electron chi connectivity index (χ0n) is 9.08. The van der Waals surface area contributed by atoms with Gasteiger partial charge in [0.25, 0.3) is 0 Å². The van der Waals surface area contributed by atoms with Gasteiger partial charge in [0.05, 0.1) is 10.3 Å². The lowest BCUT2D eigenvalue weighted by molar-refractivity contribution is 0.495. The van der Waals surface area contributed by atoms with E-state index in [1.54, 1.807) is 0 Å². The van der Waals surface area contributed by atoms with Crippen molar-refractivity contribution in [3.8, 4) is 0 Å². The van der Waals surface area contributed by atoms with Crippen LogP contribution in [0, 0.1) is 0 Å². The van der Waals surface area contributed by atoms with Crippen molar-refractivity contribution in [2.45, 2.75) is 69.5 Å². The third-order valence-electron chi connectivity index (χ3n) is 2.45. The van der Waals surface area contributed by atoms with Gasteiger partial charge in [-0.2, -0.15) is 0 Å². The molecule has 0 nitrogen and oxygen atoms in total. The van der Waals surface area contributed by atoms with Crippen LogP contribution in [-0.4, -0.2) is 10.3 Å². The van der Waals surface area contributed by atoms with Crippen LogP contribution in [0.1, 0.15) is 59.3 Å². The fraction of sp³-hybridized carbons (Fsp3) is 1.00. The number of hydrogen-bond acceptors (Lipinski definition) is 0. The molecule has 0 amide bonds. The molecule has 0 aliphatic rings. The van der Waals surface area contributed by atoms with Gasteiger partial charge in [-0.05, 0) is 19.8 Å². The van der Waals surface area contributed by atoms with Crippen molar-refractivity contribution >= 4 is 23.2 Å². The SMILES string of the molecule is CCCCCC(Cl)C(C)(Cl)CCC. The summed E-state index contributed by atoms with van der Waals surface area (Å²) in [4.78, 5) is -0.204. The lowest BCUT2D eigenvalue weighted by Crippen LogP contribution is -2.29. The topological polar surface area (TPSA) is 0 Å². The monoisotopic (exact) mass is 224 g/mol. The van der Waals surface area contributed by atoms with E-state index in [9.17, 15) is 0 Å². The molecule has 0 aliphatic heterocycles. The van der Waals surface area contributed by atoms with Crippen LogP contribution in [0.15, 0.2) is 0 Å². The van der Waals surface area contributed by atoms with Crippen molar-refractivity contribution in [1.82, 2.24) is 0 Å². The molecule has 0 N–H and O–H groups in total. The molecule has 0 aromatic heterocycles. The molecule has 80 valence electrons. The van der Waals surface area contributed by atoms with E-state index in [1.165, 1.54) is 19.3 Å². The van der Waals surface area contributed by atoms with Crippen LogP contribution in [0.3, 0.4) is 0 Å². The molecule has 2 heteroatoms. The Kier molecular flexibility index (Phi) is 7.26. The van der Waals surface area contributed by atoms with Crippen molar-refractivity contribution in [1.29, 1.82) is 0 Å². The Morgan fingerprint density at radius 1 is 1.15 bits per heavy atom. The molecule has 2 unspecified atom stereocenters. The number of halogens is 2. The van der Waals surface area contributed by atoms with Gasteiger partial charge in [0, 0.05) is 0 Å². The van der Waals surface area contributed by atoms with E-state index in [-0.39, 0.29) is 10.3 Å². The van der Waals surface area contributed by atoms with Gasteiger partial charge in [-0.1, -0.05) is 39.5 Å². The molecule has 0 radical (unpaired) electrons. The smallest absolute Gasteiger partial charge is 0.0581 e. The van der Waals surface area contributed by atoms with Crippen LogP contribution in [0.25, 0.3) is 0 Å². The van der Waals surface area contributed by atoms with Gasteiger partial charge in [0.15, 0.2) is 0 Å². The molecule has 0 bridgehead atoms. The summed E-state index contributed by atoms with van der Waals surface area (Å²) in [5.41, 5.74) is 0. The Hall–Kier alpha value is 0.580. The van der Waals surface area contributed by atoms with E-state index in [1.807, 2.05) is 0 Å². The van der Waals surface area contributed by atoms with E-state index in [4.69, 9.17) is 23.2 Å². The number of alkyl halides is 2. The minimum atomic E-state index is -0.204.